The van der Waals surface area contributed by atoms with E-state index in [4.69, 9.17) is 14.5 Å². The van der Waals surface area contributed by atoms with Crippen molar-refractivity contribution in [3.63, 3.8) is 0 Å². The molecule has 0 atom stereocenters. The molecular weight excluding hydrogens is 470 g/mol. The number of hydrogen-bond donors (Lipinski definition) is 2. The highest BCUT2D eigenvalue weighted by Crippen LogP contribution is 2.55. The van der Waals surface area contributed by atoms with Gasteiger partial charge in [-0.3, -0.25) is 13.9 Å². The fourth-order valence-corrected chi connectivity index (χ4v) is 5.74. The highest BCUT2D eigenvalue weighted by Gasteiger charge is 2.34. The Morgan fingerprint density at radius 3 is 2.66 bits per heavy atom. The molecule has 2 aliphatic heterocycles. The van der Waals surface area contributed by atoms with Gasteiger partial charge in [-0.25, -0.2) is 15.0 Å². The maximum atomic E-state index is 12.0. The second-order valence-electron chi connectivity index (χ2n) is 8.74. The lowest BCUT2D eigenvalue weighted by Crippen LogP contribution is -2.27. The summed E-state index contributed by atoms with van der Waals surface area (Å²) in [5.74, 6) is 2.34. The smallest absolute Gasteiger partial charge is 0.259 e. The standard InChI is InChI=1S/C24H27N5O5S/c1-28(2)22(30)12-34-16-5-4-15-8-9-29(21(15)10-16)24-18-13-35(31,32)14-20(18)26-23(27-24)19-7-6-17(33-3)11-25-19/h4-7,10-11,31-32H,8-9,12-14H2,1-3H3. The Balaban J connectivity index is 1.53. The number of carbonyl (C=O) groups is 1. The van der Waals surface area contributed by atoms with Gasteiger partial charge in [-0.05, 0) is 30.2 Å². The van der Waals surface area contributed by atoms with Gasteiger partial charge in [0.05, 0.1) is 30.5 Å². The van der Waals surface area contributed by atoms with Gasteiger partial charge in [0, 0.05) is 38.0 Å². The summed E-state index contributed by atoms with van der Waals surface area (Å²) in [4.78, 5) is 29.4. The van der Waals surface area contributed by atoms with Crippen molar-refractivity contribution in [2.45, 2.75) is 17.9 Å². The molecule has 0 aliphatic carbocycles. The molecule has 1 aromatic carbocycles. The summed E-state index contributed by atoms with van der Waals surface area (Å²) in [5.41, 5.74) is 3.97. The zero-order chi connectivity index (χ0) is 24.7. The number of carbonyl (C=O) groups excluding carboxylic acids is 1. The molecule has 4 heterocycles. The molecule has 3 aromatic rings. The van der Waals surface area contributed by atoms with Crippen LogP contribution in [0.3, 0.4) is 0 Å². The van der Waals surface area contributed by atoms with E-state index in [2.05, 4.69) is 14.9 Å². The minimum absolute atomic E-state index is 0.0527. The third-order valence-electron chi connectivity index (χ3n) is 6.08. The molecule has 35 heavy (non-hydrogen) atoms. The van der Waals surface area contributed by atoms with Crippen LogP contribution in [0.2, 0.25) is 0 Å². The van der Waals surface area contributed by atoms with E-state index in [0.29, 0.717) is 41.1 Å². The monoisotopic (exact) mass is 497 g/mol. The predicted molar refractivity (Wildman–Crippen MR) is 133 cm³/mol. The number of nitrogens with zero attached hydrogens (tertiary/aromatic N) is 5. The Hall–Kier alpha value is -3.41. The Morgan fingerprint density at radius 1 is 1.14 bits per heavy atom. The van der Waals surface area contributed by atoms with E-state index in [-0.39, 0.29) is 24.0 Å². The molecule has 0 saturated heterocycles. The third-order valence-corrected chi connectivity index (χ3v) is 7.57. The number of hydrogen-bond acceptors (Lipinski definition) is 9. The number of benzene rings is 1. The van der Waals surface area contributed by atoms with Gasteiger partial charge >= 0.3 is 0 Å². The molecule has 10 nitrogen and oxygen atoms in total. The number of rotatable bonds is 6. The summed E-state index contributed by atoms with van der Waals surface area (Å²) in [7, 11) is 2.13. The van der Waals surface area contributed by atoms with Gasteiger partial charge in [0.25, 0.3) is 5.91 Å². The number of amides is 1. The van der Waals surface area contributed by atoms with Crippen molar-refractivity contribution >= 4 is 28.0 Å². The number of methoxy groups -OCH3 is 1. The molecule has 1 amide bonds. The molecule has 5 rings (SSSR count). The molecule has 2 N–H and O–H groups in total. The van der Waals surface area contributed by atoms with E-state index in [1.54, 1.807) is 39.5 Å². The Labute approximate surface area is 204 Å². The zero-order valence-electron chi connectivity index (χ0n) is 19.8. The lowest BCUT2D eigenvalue weighted by atomic mass is 10.1. The molecule has 0 bridgehead atoms. The molecular formula is C24H27N5O5S. The van der Waals surface area contributed by atoms with E-state index in [1.165, 1.54) is 4.90 Å². The maximum absolute atomic E-state index is 12.0. The van der Waals surface area contributed by atoms with Crippen LogP contribution in [-0.2, 0) is 22.7 Å². The first kappa shape index (κ1) is 23.3. The summed E-state index contributed by atoms with van der Waals surface area (Å²) < 4.78 is 31.9. The van der Waals surface area contributed by atoms with Crippen LogP contribution < -0.4 is 14.4 Å². The van der Waals surface area contributed by atoms with Crippen molar-refractivity contribution in [2.75, 3.05) is 39.3 Å². The lowest BCUT2D eigenvalue weighted by molar-refractivity contribution is -0.130. The normalized spacial score (nSPS) is 16.4. The van der Waals surface area contributed by atoms with Crippen molar-refractivity contribution in [1.29, 1.82) is 0 Å². The van der Waals surface area contributed by atoms with E-state index in [9.17, 15) is 13.9 Å². The summed E-state index contributed by atoms with van der Waals surface area (Å²) in [5, 5.41) is 0. The summed E-state index contributed by atoms with van der Waals surface area (Å²) in [6.07, 6.45) is 2.40. The van der Waals surface area contributed by atoms with Crippen LogP contribution in [0, 0.1) is 0 Å². The van der Waals surface area contributed by atoms with Gasteiger partial charge in [-0.1, -0.05) is 6.07 Å². The van der Waals surface area contributed by atoms with E-state index in [0.717, 1.165) is 23.2 Å². The van der Waals surface area contributed by atoms with Crippen LogP contribution in [0.15, 0.2) is 36.5 Å². The number of likely N-dealkylation sites (N-methyl/N-ethyl adjacent to an activating group) is 1. The number of pyridine rings is 1. The fourth-order valence-electron chi connectivity index (χ4n) is 4.20. The SMILES string of the molecule is COc1ccc(-c2nc3c(c(N4CCc5ccc(OCC(=O)N(C)C)cc54)n2)CS(O)(O)C3)nc1. The average Bonchev–Trinajstić information content (AvgIpc) is 3.40. The van der Waals surface area contributed by atoms with Crippen molar-refractivity contribution in [1.82, 2.24) is 19.9 Å². The Kier molecular flexibility index (Phi) is 5.99. The number of anilines is 2. The maximum Gasteiger partial charge on any atom is 0.259 e. The molecule has 0 unspecified atom stereocenters. The topological polar surface area (TPSA) is 121 Å². The van der Waals surface area contributed by atoms with E-state index < -0.39 is 10.6 Å². The minimum atomic E-state index is -2.82. The Morgan fingerprint density at radius 2 is 1.94 bits per heavy atom. The fraction of sp³-hybridized carbons (Fsp3) is 0.333. The summed E-state index contributed by atoms with van der Waals surface area (Å²) in [6, 6.07) is 9.32. The van der Waals surface area contributed by atoms with Gasteiger partial charge in [0.15, 0.2) is 12.4 Å². The summed E-state index contributed by atoms with van der Waals surface area (Å²) in [6.45, 7) is 0.621. The van der Waals surface area contributed by atoms with Crippen LogP contribution in [0.25, 0.3) is 11.5 Å². The first-order valence-electron chi connectivity index (χ1n) is 11.1. The largest absolute Gasteiger partial charge is 0.495 e. The number of ether oxygens (including phenoxy) is 2. The van der Waals surface area contributed by atoms with Crippen LogP contribution in [-0.4, -0.2) is 69.2 Å². The van der Waals surface area contributed by atoms with E-state index in [1.807, 2.05) is 18.2 Å². The highest BCUT2D eigenvalue weighted by atomic mass is 32.3. The lowest BCUT2D eigenvalue weighted by Gasteiger charge is -2.25. The third kappa shape index (κ3) is 4.62. The minimum Gasteiger partial charge on any atom is -0.495 e. The first-order chi connectivity index (χ1) is 16.7. The van der Waals surface area contributed by atoms with Gasteiger partial charge in [-0.15, -0.1) is 0 Å². The molecule has 2 aliphatic rings. The quantitative estimate of drug-likeness (QED) is 0.527. The molecule has 2 aromatic heterocycles. The van der Waals surface area contributed by atoms with Gasteiger partial charge < -0.3 is 19.3 Å². The van der Waals surface area contributed by atoms with Crippen LogP contribution in [0.5, 0.6) is 11.5 Å². The summed E-state index contributed by atoms with van der Waals surface area (Å²) >= 11 is 0. The molecule has 0 radical (unpaired) electrons. The van der Waals surface area contributed by atoms with Gasteiger partial charge in [-0.2, -0.15) is 10.6 Å². The zero-order valence-corrected chi connectivity index (χ0v) is 20.6. The van der Waals surface area contributed by atoms with Crippen molar-refractivity contribution in [3.8, 4) is 23.0 Å². The molecule has 11 heteroatoms. The van der Waals surface area contributed by atoms with Gasteiger partial charge in [0.2, 0.25) is 0 Å². The molecule has 184 valence electrons. The Bertz CT molecular complexity index is 1280. The van der Waals surface area contributed by atoms with Crippen molar-refractivity contribution in [2.24, 2.45) is 0 Å². The predicted octanol–water partition coefficient (Wildman–Crippen LogP) is 3.47. The van der Waals surface area contributed by atoms with Crippen molar-refractivity contribution < 1.29 is 23.4 Å². The molecule has 0 saturated carbocycles. The number of aromatic nitrogens is 3. The van der Waals surface area contributed by atoms with Crippen LogP contribution in [0.4, 0.5) is 11.5 Å². The van der Waals surface area contributed by atoms with Crippen LogP contribution in [0.1, 0.15) is 16.8 Å². The molecule has 0 fully saturated rings. The average molecular weight is 498 g/mol. The first-order valence-corrected chi connectivity index (χ1v) is 13.0. The second-order valence-corrected chi connectivity index (χ2v) is 10.9. The van der Waals surface area contributed by atoms with Gasteiger partial charge in [0.1, 0.15) is 23.0 Å². The van der Waals surface area contributed by atoms with Crippen LogP contribution >= 0.6 is 10.6 Å². The van der Waals surface area contributed by atoms with E-state index >= 15 is 0 Å². The second kappa shape index (κ2) is 8.99. The van der Waals surface area contributed by atoms with Crippen molar-refractivity contribution in [3.05, 3.63) is 53.3 Å². The highest BCUT2D eigenvalue weighted by molar-refractivity contribution is 8.23. The molecule has 0 spiro atoms. The number of fused-ring (bicyclic) bond motifs is 2.